The van der Waals surface area contributed by atoms with Gasteiger partial charge in [0.15, 0.2) is 4.80 Å². The molecule has 2 aliphatic heterocycles. The number of fused-ring (bicyclic) bond motifs is 2. The number of amides is 1. The van der Waals surface area contributed by atoms with Crippen LogP contribution in [0.1, 0.15) is 42.1 Å². The smallest absolute Gasteiger partial charge is 0.338 e. The van der Waals surface area contributed by atoms with Gasteiger partial charge in [0.1, 0.15) is 10.3 Å². The molecule has 10 heteroatoms. The highest BCUT2D eigenvalue weighted by Crippen LogP contribution is 2.38. The lowest BCUT2D eigenvalue weighted by Gasteiger charge is -2.26. The first-order valence-corrected chi connectivity index (χ1v) is 16.8. The number of ether oxygens (including phenoxy) is 2. The Hall–Kier alpha value is -5.25. The van der Waals surface area contributed by atoms with Gasteiger partial charge in [0.05, 0.1) is 48.3 Å². The molecule has 0 fully saturated rings. The molecule has 4 aromatic carbocycles. The van der Waals surface area contributed by atoms with Crippen LogP contribution < -0.4 is 24.5 Å². The summed E-state index contributed by atoms with van der Waals surface area (Å²) in [5.74, 6) is -0.232. The molecule has 3 heterocycles. The molecule has 240 valence electrons. The monoisotopic (exact) mass is 675 g/mol. The Morgan fingerprint density at radius 2 is 1.58 bits per heavy atom. The van der Waals surface area contributed by atoms with Crippen LogP contribution in [0.15, 0.2) is 118 Å². The SMILES string of the molecule is CCOC(=O)C1=C(c2ccccc2)N=c2s/c(=C3\C(=O)N(Cc4ccccc4Cl)c4ccccc43)c(=O)n2[C@H]1c1ccc(OCC)cc1. The van der Waals surface area contributed by atoms with E-state index in [0.717, 1.165) is 16.9 Å². The van der Waals surface area contributed by atoms with Crippen LogP contribution in [0.25, 0.3) is 11.3 Å². The largest absolute Gasteiger partial charge is 0.494 e. The third kappa shape index (κ3) is 5.44. The van der Waals surface area contributed by atoms with E-state index in [9.17, 15) is 14.4 Å². The number of aromatic nitrogens is 1. The summed E-state index contributed by atoms with van der Waals surface area (Å²) >= 11 is 7.63. The predicted octanol–water partition coefficient (Wildman–Crippen LogP) is 5.90. The summed E-state index contributed by atoms with van der Waals surface area (Å²) in [6.45, 7) is 4.51. The van der Waals surface area contributed by atoms with Crippen LogP contribution in [0.5, 0.6) is 5.75 Å². The Bertz CT molecular complexity index is 2280. The quantitative estimate of drug-likeness (QED) is 0.191. The van der Waals surface area contributed by atoms with Crippen molar-refractivity contribution in [1.82, 2.24) is 4.57 Å². The van der Waals surface area contributed by atoms with Crippen LogP contribution in [0.3, 0.4) is 0 Å². The van der Waals surface area contributed by atoms with E-state index in [-0.39, 0.29) is 34.7 Å². The molecule has 1 aromatic heterocycles. The van der Waals surface area contributed by atoms with Crippen LogP contribution >= 0.6 is 22.9 Å². The van der Waals surface area contributed by atoms with Crippen molar-refractivity contribution < 1.29 is 19.1 Å². The van der Waals surface area contributed by atoms with Crippen LogP contribution in [0.2, 0.25) is 5.02 Å². The molecule has 7 rings (SSSR count). The Balaban J connectivity index is 1.49. The maximum atomic E-state index is 14.7. The number of anilines is 1. The highest BCUT2D eigenvalue weighted by Gasteiger charge is 2.38. The number of nitrogens with zero attached hydrogens (tertiary/aromatic N) is 3. The molecule has 2 aliphatic rings. The van der Waals surface area contributed by atoms with Gasteiger partial charge in [-0.05, 0) is 49.2 Å². The molecule has 0 saturated carbocycles. The number of rotatable bonds is 8. The zero-order chi connectivity index (χ0) is 33.4. The lowest BCUT2D eigenvalue weighted by molar-refractivity contribution is -0.138. The van der Waals surface area contributed by atoms with Gasteiger partial charge in [0, 0.05) is 16.1 Å². The maximum absolute atomic E-state index is 14.7. The van der Waals surface area contributed by atoms with E-state index in [2.05, 4.69) is 0 Å². The highest BCUT2D eigenvalue weighted by atomic mass is 35.5. The van der Waals surface area contributed by atoms with Gasteiger partial charge in [-0.2, -0.15) is 0 Å². The lowest BCUT2D eigenvalue weighted by atomic mass is 9.93. The van der Waals surface area contributed by atoms with Crippen molar-refractivity contribution in [3.8, 4) is 5.75 Å². The fourth-order valence-electron chi connectivity index (χ4n) is 6.17. The van der Waals surface area contributed by atoms with E-state index in [1.165, 1.54) is 4.57 Å². The number of para-hydroxylation sites is 1. The van der Waals surface area contributed by atoms with Gasteiger partial charge in [-0.1, -0.05) is 102 Å². The predicted molar refractivity (Wildman–Crippen MR) is 187 cm³/mol. The first kappa shape index (κ1) is 31.4. The molecule has 5 aromatic rings. The van der Waals surface area contributed by atoms with Gasteiger partial charge in [-0.3, -0.25) is 14.2 Å². The van der Waals surface area contributed by atoms with Gasteiger partial charge < -0.3 is 14.4 Å². The minimum absolute atomic E-state index is 0.140. The molecule has 8 nitrogen and oxygen atoms in total. The number of thiazole rings is 1. The minimum Gasteiger partial charge on any atom is -0.494 e. The summed E-state index contributed by atoms with van der Waals surface area (Å²) in [7, 11) is 0. The first-order chi connectivity index (χ1) is 23.4. The van der Waals surface area contributed by atoms with Gasteiger partial charge in [-0.25, -0.2) is 9.79 Å². The highest BCUT2D eigenvalue weighted by molar-refractivity contribution is 7.07. The topological polar surface area (TPSA) is 90.2 Å². The summed E-state index contributed by atoms with van der Waals surface area (Å²) in [6.07, 6.45) is 0. The van der Waals surface area contributed by atoms with Crippen molar-refractivity contribution in [2.75, 3.05) is 18.1 Å². The Kier molecular flexibility index (Phi) is 8.56. The van der Waals surface area contributed by atoms with Crippen LogP contribution in [-0.4, -0.2) is 29.7 Å². The number of esters is 1. The van der Waals surface area contributed by atoms with Crippen molar-refractivity contribution in [2.24, 2.45) is 4.99 Å². The zero-order valence-electron chi connectivity index (χ0n) is 26.2. The van der Waals surface area contributed by atoms with Crippen molar-refractivity contribution >= 4 is 51.8 Å². The number of carbonyl (C=O) groups excluding carboxylic acids is 2. The third-order valence-corrected chi connectivity index (χ3v) is 9.71. The standard InChI is InChI=1S/C38H30ClN3O5S/c1-3-46-26-20-18-24(19-21-26)33-31(37(45)47-4-2)32(23-12-6-5-7-13-23)40-38-42(33)36(44)34(48-38)30-27-15-9-11-17-29(27)41(35(30)43)22-25-14-8-10-16-28(25)39/h5-21,33H,3-4,22H2,1-2H3/b34-30-/t33-/m0/s1. The van der Waals surface area contributed by atoms with Crippen molar-refractivity contribution in [3.05, 3.63) is 156 Å². The average Bonchev–Trinajstić information content (AvgIpc) is 3.57. The first-order valence-electron chi connectivity index (χ1n) is 15.6. The Morgan fingerprint density at radius 3 is 2.31 bits per heavy atom. The third-order valence-electron chi connectivity index (χ3n) is 8.29. The van der Waals surface area contributed by atoms with E-state index < -0.39 is 17.6 Å². The molecule has 1 atom stereocenters. The van der Waals surface area contributed by atoms with Crippen LogP contribution in [-0.2, 0) is 20.9 Å². The Morgan fingerprint density at radius 1 is 0.875 bits per heavy atom. The molecule has 0 spiro atoms. The van der Waals surface area contributed by atoms with Crippen molar-refractivity contribution in [1.29, 1.82) is 0 Å². The van der Waals surface area contributed by atoms with E-state index in [1.54, 1.807) is 17.9 Å². The molecule has 0 unspecified atom stereocenters. The number of hydrogen-bond acceptors (Lipinski definition) is 7. The molecule has 0 saturated heterocycles. The van der Waals surface area contributed by atoms with E-state index >= 15 is 0 Å². The summed E-state index contributed by atoms with van der Waals surface area (Å²) in [5, 5.41) is 0.547. The van der Waals surface area contributed by atoms with Crippen LogP contribution in [0.4, 0.5) is 5.69 Å². The number of hydrogen-bond donors (Lipinski definition) is 0. The normalized spacial score (nSPS) is 16.4. The van der Waals surface area contributed by atoms with Crippen molar-refractivity contribution in [2.45, 2.75) is 26.4 Å². The molecular formula is C38H30ClN3O5S. The van der Waals surface area contributed by atoms with Gasteiger partial charge >= 0.3 is 5.97 Å². The molecular weight excluding hydrogens is 646 g/mol. The number of carbonyl (C=O) groups is 2. The Labute approximate surface area is 285 Å². The van der Waals surface area contributed by atoms with Crippen molar-refractivity contribution in [3.63, 3.8) is 0 Å². The van der Waals surface area contributed by atoms with E-state index in [4.69, 9.17) is 26.1 Å². The second kappa shape index (κ2) is 13.1. The fourth-order valence-corrected chi connectivity index (χ4v) is 7.46. The molecule has 0 bridgehead atoms. The fraction of sp³-hybridized carbons (Fsp3) is 0.158. The summed E-state index contributed by atoms with van der Waals surface area (Å²) in [4.78, 5) is 49.8. The van der Waals surface area contributed by atoms with Crippen LogP contribution in [0, 0.1) is 0 Å². The van der Waals surface area contributed by atoms with E-state index in [1.807, 2.05) is 104 Å². The average molecular weight is 676 g/mol. The summed E-state index contributed by atoms with van der Waals surface area (Å²) in [5.41, 5.74) is 3.98. The van der Waals surface area contributed by atoms with E-state index in [0.29, 0.717) is 50.3 Å². The molecule has 0 aliphatic carbocycles. The number of halogens is 1. The molecule has 0 N–H and O–H groups in total. The molecule has 48 heavy (non-hydrogen) atoms. The zero-order valence-corrected chi connectivity index (χ0v) is 27.8. The lowest BCUT2D eigenvalue weighted by Crippen LogP contribution is -2.41. The summed E-state index contributed by atoms with van der Waals surface area (Å²) in [6, 6.07) is 30.6. The number of benzene rings is 4. The van der Waals surface area contributed by atoms with Gasteiger partial charge in [0.2, 0.25) is 0 Å². The minimum atomic E-state index is -0.883. The second-order valence-corrected chi connectivity index (χ2v) is 12.5. The van der Waals surface area contributed by atoms with Gasteiger partial charge in [-0.15, -0.1) is 0 Å². The van der Waals surface area contributed by atoms with Gasteiger partial charge in [0.25, 0.3) is 11.5 Å². The molecule has 1 amide bonds. The second-order valence-electron chi connectivity index (χ2n) is 11.1. The molecule has 0 radical (unpaired) electrons. The summed E-state index contributed by atoms with van der Waals surface area (Å²) < 4.78 is 13.0. The maximum Gasteiger partial charge on any atom is 0.338 e.